The minimum atomic E-state index is -0.451. The molecule has 20 heavy (non-hydrogen) atoms. The third kappa shape index (κ3) is 3.07. The molecule has 1 fully saturated rings. The highest BCUT2D eigenvalue weighted by Gasteiger charge is 2.27. The molecule has 0 aromatic heterocycles. The lowest BCUT2D eigenvalue weighted by Crippen LogP contribution is -2.34. The second-order valence-electron chi connectivity index (χ2n) is 5.27. The van der Waals surface area contributed by atoms with E-state index in [4.69, 9.17) is 0 Å². The Morgan fingerprint density at radius 2 is 2.15 bits per heavy atom. The zero-order valence-electron chi connectivity index (χ0n) is 11.7. The van der Waals surface area contributed by atoms with Crippen molar-refractivity contribution in [3.63, 3.8) is 0 Å². The maximum absolute atomic E-state index is 11.7. The average molecular weight is 277 g/mol. The molecule has 0 radical (unpaired) electrons. The van der Waals surface area contributed by atoms with Gasteiger partial charge in [-0.25, -0.2) is 0 Å². The summed E-state index contributed by atoms with van der Waals surface area (Å²) in [5.41, 5.74) is 0.749. The maximum Gasteiger partial charge on any atom is 0.293 e. The summed E-state index contributed by atoms with van der Waals surface area (Å²) < 4.78 is 0. The van der Waals surface area contributed by atoms with Crippen molar-refractivity contribution in [1.82, 2.24) is 5.32 Å². The van der Waals surface area contributed by atoms with Gasteiger partial charge in [0.1, 0.15) is 5.69 Å². The van der Waals surface area contributed by atoms with Gasteiger partial charge in [0.2, 0.25) is 0 Å². The molecule has 1 aromatic carbocycles. The molecule has 0 unspecified atom stereocenters. The summed E-state index contributed by atoms with van der Waals surface area (Å²) in [7, 11) is 0. The topological polar surface area (TPSA) is 84.3 Å². The molecule has 0 saturated heterocycles. The first-order valence-corrected chi connectivity index (χ1v) is 6.84. The molecule has 108 valence electrons. The first-order chi connectivity index (χ1) is 9.51. The van der Waals surface area contributed by atoms with E-state index in [2.05, 4.69) is 17.6 Å². The third-order valence-corrected chi connectivity index (χ3v) is 3.53. The lowest BCUT2D eigenvalue weighted by molar-refractivity contribution is -0.384. The van der Waals surface area contributed by atoms with E-state index >= 15 is 0 Å². The molecule has 0 atom stereocenters. The molecule has 1 aliphatic rings. The molecule has 1 aliphatic carbocycles. The number of hydrogen-bond donors (Lipinski definition) is 2. The number of nitro benzene ring substituents is 1. The number of amides is 1. The Morgan fingerprint density at radius 3 is 2.70 bits per heavy atom. The number of carbonyl (C=O) groups is 1. The van der Waals surface area contributed by atoms with Crippen molar-refractivity contribution in [1.29, 1.82) is 0 Å². The number of rotatable bonds is 5. The summed E-state index contributed by atoms with van der Waals surface area (Å²) in [6, 6.07) is 4.85. The van der Waals surface area contributed by atoms with Gasteiger partial charge in [-0.05, 0) is 37.8 Å². The van der Waals surface area contributed by atoms with Crippen LogP contribution in [0.5, 0.6) is 0 Å². The number of nitro groups is 1. The van der Waals surface area contributed by atoms with Gasteiger partial charge >= 0.3 is 0 Å². The highest BCUT2D eigenvalue weighted by Crippen LogP contribution is 2.33. The van der Waals surface area contributed by atoms with Gasteiger partial charge < -0.3 is 10.6 Å². The molecular formula is C14H19N3O3. The summed E-state index contributed by atoms with van der Waals surface area (Å²) in [6.45, 7) is 4.46. The zero-order valence-corrected chi connectivity index (χ0v) is 11.7. The molecule has 1 saturated carbocycles. The molecule has 2 rings (SSSR count). The van der Waals surface area contributed by atoms with Gasteiger partial charge in [0.05, 0.1) is 4.92 Å². The zero-order chi connectivity index (χ0) is 14.7. The van der Waals surface area contributed by atoms with Crippen LogP contribution in [-0.4, -0.2) is 23.4 Å². The molecule has 0 bridgehead atoms. The lowest BCUT2D eigenvalue weighted by atomic mass is 9.82. The van der Waals surface area contributed by atoms with Gasteiger partial charge in [-0.2, -0.15) is 0 Å². The minimum Gasteiger partial charge on any atom is -0.377 e. The molecule has 0 aliphatic heterocycles. The van der Waals surface area contributed by atoms with Crippen molar-refractivity contribution in [2.45, 2.75) is 32.7 Å². The first-order valence-electron chi connectivity index (χ1n) is 6.84. The van der Waals surface area contributed by atoms with Crippen LogP contribution >= 0.6 is 0 Å². The van der Waals surface area contributed by atoms with Crippen molar-refractivity contribution in [2.24, 2.45) is 5.92 Å². The fourth-order valence-corrected chi connectivity index (χ4v) is 2.45. The maximum atomic E-state index is 11.7. The Morgan fingerprint density at radius 1 is 1.45 bits per heavy atom. The Kier molecular flexibility index (Phi) is 4.22. The Balaban J connectivity index is 2.19. The van der Waals surface area contributed by atoms with Gasteiger partial charge in [0.15, 0.2) is 0 Å². The molecule has 2 N–H and O–H groups in total. The Hall–Kier alpha value is -2.11. The van der Waals surface area contributed by atoms with E-state index in [-0.39, 0.29) is 11.6 Å². The number of nitrogens with zero attached hydrogens (tertiary/aromatic N) is 1. The fourth-order valence-electron chi connectivity index (χ4n) is 2.45. The summed E-state index contributed by atoms with van der Waals surface area (Å²) in [6.07, 6.45) is 2.05. The van der Waals surface area contributed by atoms with Crippen LogP contribution in [0.4, 0.5) is 11.4 Å². The van der Waals surface area contributed by atoms with Crippen molar-refractivity contribution in [3.8, 4) is 0 Å². The van der Waals surface area contributed by atoms with E-state index in [1.807, 2.05) is 0 Å². The van der Waals surface area contributed by atoms with Crippen LogP contribution in [0.15, 0.2) is 18.2 Å². The molecule has 6 nitrogen and oxygen atoms in total. The first kappa shape index (κ1) is 14.3. The molecule has 0 spiro atoms. The quantitative estimate of drug-likeness (QED) is 0.640. The third-order valence-electron chi connectivity index (χ3n) is 3.53. The van der Waals surface area contributed by atoms with E-state index in [0.717, 1.165) is 12.8 Å². The van der Waals surface area contributed by atoms with E-state index < -0.39 is 4.92 Å². The molecule has 1 aromatic rings. The van der Waals surface area contributed by atoms with Crippen LogP contribution in [-0.2, 0) is 0 Å². The Labute approximate surface area is 117 Å². The fraction of sp³-hybridized carbons (Fsp3) is 0.500. The van der Waals surface area contributed by atoms with Crippen molar-refractivity contribution in [2.75, 3.05) is 11.9 Å². The predicted molar refractivity (Wildman–Crippen MR) is 76.9 cm³/mol. The normalized spacial score (nSPS) is 20.9. The van der Waals surface area contributed by atoms with Crippen LogP contribution in [0, 0.1) is 16.0 Å². The molecular weight excluding hydrogens is 258 g/mol. The van der Waals surface area contributed by atoms with E-state index in [1.165, 1.54) is 6.07 Å². The number of hydrogen-bond acceptors (Lipinski definition) is 4. The summed E-state index contributed by atoms with van der Waals surface area (Å²) in [5.74, 6) is 0.376. The minimum absolute atomic E-state index is 0.0479. The van der Waals surface area contributed by atoms with E-state index in [9.17, 15) is 14.9 Å². The molecule has 6 heteroatoms. The van der Waals surface area contributed by atoms with E-state index in [1.54, 1.807) is 19.1 Å². The van der Waals surface area contributed by atoms with Crippen molar-refractivity contribution in [3.05, 3.63) is 33.9 Å². The van der Waals surface area contributed by atoms with Gasteiger partial charge in [-0.1, -0.05) is 6.92 Å². The number of benzene rings is 1. The number of anilines is 1. The van der Waals surface area contributed by atoms with Gasteiger partial charge in [0, 0.05) is 24.2 Å². The second kappa shape index (κ2) is 5.90. The Bertz CT molecular complexity index is 524. The van der Waals surface area contributed by atoms with Gasteiger partial charge in [0.25, 0.3) is 11.6 Å². The second-order valence-corrected chi connectivity index (χ2v) is 5.27. The van der Waals surface area contributed by atoms with E-state index in [0.29, 0.717) is 29.8 Å². The molecule has 0 heterocycles. The van der Waals surface area contributed by atoms with Crippen LogP contribution in [0.3, 0.4) is 0 Å². The number of nitrogens with one attached hydrogen (secondary N) is 2. The average Bonchev–Trinajstić information content (AvgIpc) is 2.37. The highest BCUT2D eigenvalue weighted by atomic mass is 16.6. The smallest absolute Gasteiger partial charge is 0.293 e. The molecule has 1 amide bonds. The predicted octanol–water partition coefficient (Wildman–Crippen LogP) is 2.55. The van der Waals surface area contributed by atoms with Crippen LogP contribution in [0.25, 0.3) is 0 Å². The lowest BCUT2D eigenvalue weighted by Gasteiger charge is -2.33. The highest BCUT2D eigenvalue weighted by molar-refractivity contribution is 5.95. The summed E-state index contributed by atoms with van der Waals surface area (Å²) in [5, 5.41) is 17.0. The summed E-state index contributed by atoms with van der Waals surface area (Å²) in [4.78, 5) is 22.4. The van der Waals surface area contributed by atoms with Crippen LogP contribution in [0.2, 0.25) is 0 Å². The van der Waals surface area contributed by atoms with Crippen LogP contribution < -0.4 is 10.6 Å². The SMILES string of the molecule is CCNC(=O)c1ccc(NC2CC(C)C2)c([N+](=O)[O-])c1. The van der Waals surface area contributed by atoms with Crippen molar-refractivity contribution < 1.29 is 9.72 Å². The van der Waals surface area contributed by atoms with Crippen LogP contribution in [0.1, 0.15) is 37.0 Å². The van der Waals surface area contributed by atoms with Crippen molar-refractivity contribution >= 4 is 17.3 Å². The standard InChI is InChI=1S/C14H19N3O3/c1-3-15-14(18)10-4-5-12(13(8-10)17(19)20)16-11-6-9(2)7-11/h4-5,8-9,11,16H,3,6-7H2,1-2H3,(H,15,18). The largest absolute Gasteiger partial charge is 0.377 e. The monoisotopic (exact) mass is 277 g/mol. The van der Waals surface area contributed by atoms with Gasteiger partial charge in [-0.15, -0.1) is 0 Å². The van der Waals surface area contributed by atoms with Gasteiger partial charge in [-0.3, -0.25) is 14.9 Å². The number of carbonyl (C=O) groups excluding carboxylic acids is 1. The summed E-state index contributed by atoms with van der Waals surface area (Å²) >= 11 is 0.